The number of halogens is 1. The summed E-state index contributed by atoms with van der Waals surface area (Å²) in [5, 5.41) is 4.05. The van der Waals surface area contributed by atoms with Crippen LogP contribution in [0.1, 0.15) is 36.0 Å². The highest BCUT2D eigenvalue weighted by molar-refractivity contribution is 6.30. The molecule has 2 aromatic carbocycles. The zero-order valence-corrected chi connectivity index (χ0v) is 17.9. The van der Waals surface area contributed by atoms with Crippen molar-refractivity contribution in [2.45, 2.75) is 32.6 Å². The minimum Gasteiger partial charge on any atom is -0.493 e. The van der Waals surface area contributed by atoms with Crippen molar-refractivity contribution in [3.63, 3.8) is 0 Å². The zero-order chi connectivity index (χ0) is 20.9. The van der Waals surface area contributed by atoms with E-state index in [-0.39, 0.29) is 5.78 Å². The minimum atomic E-state index is 0.0777. The van der Waals surface area contributed by atoms with E-state index in [2.05, 4.69) is 11.4 Å². The summed E-state index contributed by atoms with van der Waals surface area (Å²) in [7, 11) is 0. The molecule has 0 radical (unpaired) electrons. The van der Waals surface area contributed by atoms with E-state index in [1.165, 1.54) is 5.56 Å². The van der Waals surface area contributed by atoms with E-state index in [1.54, 1.807) is 12.1 Å². The summed E-state index contributed by atoms with van der Waals surface area (Å²) >= 11 is 5.97. The average molecular weight is 428 g/mol. The molecule has 0 unspecified atom stereocenters. The van der Waals surface area contributed by atoms with Gasteiger partial charge < -0.3 is 19.5 Å². The van der Waals surface area contributed by atoms with Crippen LogP contribution in [0.15, 0.2) is 36.4 Å². The molecular weight excluding hydrogens is 402 g/mol. The maximum absolute atomic E-state index is 12.5. The first-order valence-electron chi connectivity index (χ1n) is 10.4. The summed E-state index contributed by atoms with van der Waals surface area (Å²) < 4.78 is 17.4. The lowest BCUT2D eigenvalue weighted by Gasteiger charge is -2.23. The molecule has 0 spiro atoms. The van der Waals surface area contributed by atoms with E-state index in [4.69, 9.17) is 25.8 Å². The fourth-order valence-electron chi connectivity index (χ4n) is 3.70. The number of nitrogens with one attached hydrogen (secondary N) is 1. The number of carbonyl (C=O) groups excluding carboxylic acids is 1. The van der Waals surface area contributed by atoms with E-state index >= 15 is 0 Å². The Labute approximate surface area is 182 Å². The van der Waals surface area contributed by atoms with Gasteiger partial charge in [0.25, 0.3) is 0 Å². The molecule has 1 N–H and O–H groups in total. The number of hydrogen-bond donors (Lipinski definition) is 1. The fourth-order valence-corrected chi connectivity index (χ4v) is 3.93. The lowest BCUT2D eigenvalue weighted by molar-refractivity contribution is -0.114. The maximum Gasteiger partial charge on any atom is 0.161 e. The summed E-state index contributed by atoms with van der Waals surface area (Å²) in [5.74, 6) is 2.43. The summed E-state index contributed by atoms with van der Waals surface area (Å²) in [6.45, 7) is 4.55. The van der Waals surface area contributed by atoms with Crippen molar-refractivity contribution in [3.05, 3.63) is 58.1 Å². The van der Waals surface area contributed by atoms with Gasteiger partial charge in [-0.25, -0.2) is 0 Å². The first-order chi connectivity index (χ1) is 14.6. The molecule has 30 heavy (non-hydrogen) atoms. The normalized spacial score (nSPS) is 16.4. The molecule has 5 nitrogen and oxygen atoms in total. The number of rotatable bonds is 6. The molecular formula is C24H26ClNO4. The number of hydrogen-bond acceptors (Lipinski definition) is 5. The second-order valence-electron chi connectivity index (χ2n) is 7.57. The lowest BCUT2D eigenvalue weighted by Crippen LogP contribution is -2.23. The van der Waals surface area contributed by atoms with Gasteiger partial charge in [0.2, 0.25) is 0 Å². The van der Waals surface area contributed by atoms with Gasteiger partial charge in [-0.1, -0.05) is 11.6 Å². The first kappa shape index (κ1) is 20.6. The Morgan fingerprint density at radius 1 is 1.20 bits per heavy atom. The molecule has 4 rings (SSSR count). The second-order valence-corrected chi connectivity index (χ2v) is 8.01. The van der Waals surface area contributed by atoms with Gasteiger partial charge in [0, 0.05) is 41.7 Å². The summed E-state index contributed by atoms with van der Waals surface area (Å²) in [5.41, 5.74) is 4.04. The number of aryl methyl sites for hydroxylation is 1. The van der Waals surface area contributed by atoms with E-state index < -0.39 is 0 Å². The number of ether oxygens (including phenoxy) is 3. The van der Waals surface area contributed by atoms with Crippen LogP contribution in [0.3, 0.4) is 0 Å². The van der Waals surface area contributed by atoms with Crippen LogP contribution in [0.25, 0.3) is 5.70 Å². The van der Waals surface area contributed by atoms with Crippen LogP contribution in [0.4, 0.5) is 0 Å². The molecule has 2 aromatic rings. The van der Waals surface area contributed by atoms with Gasteiger partial charge in [-0.05, 0) is 61.2 Å². The van der Waals surface area contributed by atoms with E-state index in [1.807, 2.05) is 25.1 Å². The van der Waals surface area contributed by atoms with Crippen LogP contribution >= 0.6 is 11.6 Å². The van der Waals surface area contributed by atoms with Crippen molar-refractivity contribution in [3.8, 4) is 17.2 Å². The molecule has 0 atom stereocenters. The van der Waals surface area contributed by atoms with Crippen molar-refractivity contribution in [2.75, 3.05) is 26.4 Å². The smallest absolute Gasteiger partial charge is 0.161 e. The number of carbonyl (C=O) groups is 1. The number of ketones is 1. The largest absolute Gasteiger partial charge is 0.493 e. The Morgan fingerprint density at radius 2 is 2.00 bits per heavy atom. The van der Waals surface area contributed by atoms with E-state index in [0.29, 0.717) is 37.7 Å². The molecule has 0 aromatic heterocycles. The van der Waals surface area contributed by atoms with Crippen LogP contribution in [0.2, 0.25) is 5.02 Å². The SMILES string of the molecule is Cc1cc(Cl)ccc1OCCCC(=O)/C=C1\NCCc2cc3c(cc21)OCCCO3. The molecule has 6 heteroatoms. The summed E-state index contributed by atoms with van der Waals surface area (Å²) in [4.78, 5) is 12.5. The molecule has 0 fully saturated rings. The zero-order valence-electron chi connectivity index (χ0n) is 17.1. The average Bonchev–Trinajstić information content (AvgIpc) is 2.96. The third-order valence-corrected chi connectivity index (χ3v) is 5.48. The third kappa shape index (κ3) is 4.90. The Bertz CT molecular complexity index is 970. The first-order valence-corrected chi connectivity index (χ1v) is 10.8. The van der Waals surface area contributed by atoms with Gasteiger partial charge in [-0.15, -0.1) is 0 Å². The molecule has 2 aliphatic rings. The van der Waals surface area contributed by atoms with Crippen molar-refractivity contribution >= 4 is 23.1 Å². The molecule has 0 bridgehead atoms. The Kier molecular flexibility index (Phi) is 6.48. The van der Waals surface area contributed by atoms with Crippen LogP contribution in [0.5, 0.6) is 17.2 Å². The quantitative estimate of drug-likeness (QED) is 0.533. The standard InChI is InChI=1S/C24H26ClNO4/c1-16-12-18(25)5-6-22(16)28-9-2-4-19(27)14-21-20-15-24-23(29-10-3-11-30-24)13-17(20)7-8-26-21/h5-6,12-15,26H,2-4,7-11H2,1H3/b21-14-. The maximum atomic E-state index is 12.5. The molecule has 0 saturated heterocycles. The van der Waals surface area contributed by atoms with Crippen LogP contribution < -0.4 is 19.5 Å². The number of allylic oxidation sites excluding steroid dienone is 1. The predicted molar refractivity (Wildman–Crippen MR) is 118 cm³/mol. The topological polar surface area (TPSA) is 56.8 Å². The van der Waals surface area contributed by atoms with Gasteiger partial charge >= 0.3 is 0 Å². The highest BCUT2D eigenvalue weighted by Gasteiger charge is 2.20. The molecule has 2 heterocycles. The lowest BCUT2D eigenvalue weighted by atomic mass is 9.96. The van der Waals surface area contributed by atoms with Crippen molar-refractivity contribution in [2.24, 2.45) is 0 Å². The highest BCUT2D eigenvalue weighted by atomic mass is 35.5. The molecule has 0 aliphatic carbocycles. The number of fused-ring (bicyclic) bond motifs is 2. The van der Waals surface area contributed by atoms with Gasteiger partial charge in [0.1, 0.15) is 5.75 Å². The monoisotopic (exact) mass is 427 g/mol. The van der Waals surface area contributed by atoms with E-state index in [9.17, 15) is 4.79 Å². The van der Waals surface area contributed by atoms with Crippen LogP contribution in [0, 0.1) is 6.92 Å². The van der Waals surface area contributed by atoms with Crippen molar-refractivity contribution in [1.29, 1.82) is 0 Å². The Morgan fingerprint density at radius 3 is 2.80 bits per heavy atom. The van der Waals surface area contributed by atoms with Gasteiger partial charge in [0.05, 0.1) is 19.8 Å². The number of benzene rings is 2. The second kappa shape index (κ2) is 9.43. The summed E-state index contributed by atoms with van der Waals surface area (Å²) in [6, 6.07) is 9.58. The van der Waals surface area contributed by atoms with Crippen LogP contribution in [-0.2, 0) is 11.2 Å². The predicted octanol–water partition coefficient (Wildman–Crippen LogP) is 4.72. The Hall–Kier alpha value is -2.66. The minimum absolute atomic E-state index is 0.0777. The molecule has 158 valence electrons. The molecule has 2 aliphatic heterocycles. The molecule has 0 amide bonds. The molecule has 0 saturated carbocycles. The highest BCUT2D eigenvalue weighted by Crippen LogP contribution is 2.36. The van der Waals surface area contributed by atoms with Crippen LogP contribution in [-0.4, -0.2) is 32.1 Å². The van der Waals surface area contributed by atoms with Gasteiger partial charge in [0.15, 0.2) is 17.3 Å². The van der Waals surface area contributed by atoms with Crippen molar-refractivity contribution < 1.29 is 19.0 Å². The van der Waals surface area contributed by atoms with E-state index in [0.717, 1.165) is 53.5 Å². The Balaban J connectivity index is 1.38. The third-order valence-electron chi connectivity index (χ3n) is 5.24. The van der Waals surface area contributed by atoms with Crippen molar-refractivity contribution in [1.82, 2.24) is 5.32 Å². The van der Waals surface area contributed by atoms with Gasteiger partial charge in [-0.3, -0.25) is 4.79 Å². The van der Waals surface area contributed by atoms with Gasteiger partial charge in [-0.2, -0.15) is 0 Å². The fraction of sp³-hybridized carbons (Fsp3) is 0.375. The summed E-state index contributed by atoms with van der Waals surface area (Å²) in [6.07, 6.45) is 4.55.